The van der Waals surface area contributed by atoms with Gasteiger partial charge in [0.15, 0.2) is 5.60 Å². The third-order valence-corrected chi connectivity index (χ3v) is 3.87. The first kappa shape index (κ1) is 18.7. The second-order valence-corrected chi connectivity index (χ2v) is 7.07. The van der Waals surface area contributed by atoms with E-state index in [1.807, 2.05) is 0 Å². The molecule has 0 aliphatic carbocycles. The molecule has 0 aliphatic rings. The molecular weight excluding hydrogens is 347 g/mol. The van der Waals surface area contributed by atoms with Crippen molar-refractivity contribution in [3.05, 3.63) is 59.5 Å². The lowest BCUT2D eigenvalue weighted by atomic mass is 10.0. The van der Waals surface area contributed by atoms with Gasteiger partial charge in [0.25, 0.3) is 0 Å². The van der Waals surface area contributed by atoms with E-state index in [9.17, 15) is 17.1 Å². The van der Waals surface area contributed by atoms with Crippen LogP contribution in [0.15, 0.2) is 53.9 Å². The minimum atomic E-state index is -4.65. The Labute approximate surface area is 145 Å². The Morgan fingerprint density at radius 2 is 1.52 bits per heavy atom. The van der Waals surface area contributed by atoms with Gasteiger partial charge in [-0.05, 0) is 48.7 Å². The van der Waals surface area contributed by atoms with Crippen molar-refractivity contribution < 1.29 is 26.9 Å². The van der Waals surface area contributed by atoms with Gasteiger partial charge in [0.05, 0.1) is 5.41 Å². The largest absolute Gasteiger partial charge is 0.478 e. The molecule has 2 aromatic carbocycles. The van der Waals surface area contributed by atoms with Gasteiger partial charge in [-0.2, -0.15) is 8.42 Å². The molecule has 25 heavy (non-hydrogen) atoms. The van der Waals surface area contributed by atoms with Gasteiger partial charge in [0.2, 0.25) is 0 Å². The van der Waals surface area contributed by atoms with Crippen LogP contribution in [0.25, 0.3) is 17.2 Å². The Morgan fingerprint density at radius 1 is 1.04 bits per heavy atom. The number of ether oxygens (including phenoxy) is 1. The van der Waals surface area contributed by atoms with Gasteiger partial charge in [-0.3, -0.25) is 0 Å². The van der Waals surface area contributed by atoms with Crippen LogP contribution in [0.1, 0.15) is 19.4 Å². The highest BCUT2D eigenvalue weighted by Crippen LogP contribution is 2.25. The average Bonchev–Trinajstić information content (AvgIpc) is 2.53. The number of hydrogen-bond acceptors (Lipinski definition) is 4. The van der Waals surface area contributed by atoms with Crippen LogP contribution >= 0.6 is 0 Å². The summed E-state index contributed by atoms with van der Waals surface area (Å²) in [6.45, 7) is 2.93. The van der Waals surface area contributed by atoms with Crippen molar-refractivity contribution >= 4 is 22.3 Å². The molecule has 0 atom stereocenters. The molecule has 0 aromatic heterocycles. The fourth-order valence-electron chi connectivity index (χ4n) is 2.00. The minimum absolute atomic E-state index is 0.434. The molecule has 0 bridgehead atoms. The van der Waals surface area contributed by atoms with Gasteiger partial charge in [-0.25, -0.2) is 4.79 Å². The van der Waals surface area contributed by atoms with Crippen molar-refractivity contribution in [1.29, 1.82) is 0 Å². The molecule has 0 aliphatic heterocycles. The monoisotopic (exact) mass is 364 g/mol. The summed E-state index contributed by atoms with van der Waals surface area (Å²) in [6.07, 6.45) is 1.17. The van der Waals surface area contributed by atoms with Gasteiger partial charge in [-0.15, -0.1) is 3.89 Å². The Kier molecular flexibility index (Phi) is 5.27. The number of hydrogen-bond donors (Lipinski definition) is 1. The lowest BCUT2D eigenvalue weighted by Crippen LogP contribution is -2.37. The van der Waals surface area contributed by atoms with Crippen LogP contribution in [-0.2, 0) is 15.0 Å². The molecule has 2 rings (SSSR count). The summed E-state index contributed by atoms with van der Waals surface area (Å²) < 4.78 is 38.8. The van der Waals surface area contributed by atoms with E-state index in [2.05, 4.69) is 0 Å². The molecule has 132 valence electrons. The number of benzene rings is 2. The van der Waals surface area contributed by atoms with Gasteiger partial charge >= 0.3 is 16.2 Å². The molecule has 0 amide bonds. The lowest BCUT2D eigenvalue weighted by Gasteiger charge is -2.21. The van der Waals surface area contributed by atoms with E-state index in [1.54, 1.807) is 48.5 Å². The predicted octanol–water partition coefficient (Wildman–Crippen LogP) is 3.87. The van der Waals surface area contributed by atoms with E-state index in [4.69, 9.17) is 9.84 Å². The van der Waals surface area contributed by atoms with Crippen LogP contribution in [0.2, 0.25) is 0 Å². The molecule has 0 heterocycles. The number of aliphatic carboxylic acids is 1. The molecule has 5 nitrogen and oxygen atoms in total. The molecule has 0 saturated carbocycles. The summed E-state index contributed by atoms with van der Waals surface area (Å²) in [5.74, 6) is -0.626. The van der Waals surface area contributed by atoms with Gasteiger partial charge in [0, 0.05) is 0 Å². The van der Waals surface area contributed by atoms with Crippen molar-refractivity contribution in [2.24, 2.45) is 0 Å². The second kappa shape index (κ2) is 7.06. The molecule has 2 aromatic rings. The second-order valence-electron chi connectivity index (χ2n) is 5.84. The van der Waals surface area contributed by atoms with Crippen molar-refractivity contribution in [3.8, 4) is 16.9 Å². The van der Waals surface area contributed by atoms with E-state index in [-0.39, 0.29) is 0 Å². The third kappa shape index (κ3) is 5.42. The highest BCUT2D eigenvalue weighted by Gasteiger charge is 2.29. The minimum Gasteiger partial charge on any atom is -0.478 e. The third-order valence-electron chi connectivity index (χ3n) is 3.41. The maximum Gasteiger partial charge on any atom is 0.347 e. The van der Waals surface area contributed by atoms with Gasteiger partial charge < -0.3 is 9.84 Å². The average molecular weight is 364 g/mol. The summed E-state index contributed by atoms with van der Waals surface area (Å²) in [7, 11) is -4.65. The Hall–Kier alpha value is -2.67. The molecule has 0 saturated heterocycles. The fourth-order valence-corrected chi connectivity index (χ4v) is 2.32. The molecular formula is C18H17FO5S. The highest BCUT2D eigenvalue weighted by molar-refractivity contribution is 7.89. The molecule has 1 N–H and O–H groups in total. The van der Waals surface area contributed by atoms with Crippen molar-refractivity contribution in [2.75, 3.05) is 0 Å². The highest BCUT2D eigenvalue weighted by atomic mass is 32.3. The van der Waals surface area contributed by atoms with Gasteiger partial charge in [-0.1, -0.05) is 36.4 Å². The molecule has 0 unspecified atom stereocenters. The maximum absolute atomic E-state index is 12.5. The smallest absolute Gasteiger partial charge is 0.347 e. The zero-order valence-corrected chi connectivity index (χ0v) is 14.5. The van der Waals surface area contributed by atoms with E-state index < -0.39 is 21.8 Å². The SMILES string of the molecule is CC(C)(Oc1ccc(-c2ccc(C=CS(=O)(=O)F)cc2)cc1)C(=O)O. The van der Waals surface area contributed by atoms with Crippen LogP contribution in [-0.4, -0.2) is 25.1 Å². The van der Waals surface area contributed by atoms with E-state index in [0.29, 0.717) is 16.7 Å². The van der Waals surface area contributed by atoms with Crippen LogP contribution in [0.5, 0.6) is 5.75 Å². The number of carboxylic acids is 1. The van der Waals surface area contributed by atoms with E-state index in [0.717, 1.165) is 11.1 Å². The van der Waals surface area contributed by atoms with E-state index >= 15 is 0 Å². The predicted molar refractivity (Wildman–Crippen MR) is 93.3 cm³/mol. The first-order valence-electron chi connectivity index (χ1n) is 7.32. The van der Waals surface area contributed by atoms with Crippen LogP contribution < -0.4 is 4.74 Å². The number of carboxylic acid groups (broad SMARTS) is 1. The maximum atomic E-state index is 12.5. The zero-order valence-electron chi connectivity index (χ0n) is 13.6. The topological polar surface area (TPSA) is 80.7 Å². The first-order valence-corrected chi connectivity index (χ1v) is 8.77. The molecule has 0 fully saturated rings. The standard InChI is InChI=1S/C18H17FO5S/c1-18(2,17(20)21)24-16-9-7-15(8-10-16)14-5-3-13(4-6-14)11-12-25(19,22)23/h3-12H,1-2H3,(H,20,21). The zero-order chi connectivity index (χ0) is 18.7. The summed E-state index contributed by atoms with van der Waals surface area (Å²) >= 11 is 0. The van der Waals surface area contributed by atoms with Gasteiger partial charge in [0.1, 0.15) is 5.75 Å². The summed E-state index contributed by atoms with van der Waals surface area (Å²) in [4.78, 5) is 11.1. The van der Waals surface area contributed by atoms with Crippen molar-refractivity contribution in [2.45, 2.75) is 19.4 Å². The molecule has 0 spiro atoms. The van der Waals surface area contributed by atoms with Crippen LogP contribution in [0.4, 0.5) is 3.89 Å². The number of rotatable bonds is 6. The Morgan fingerprint density at radius 3 is 1.96 bits per heavy atom. The van der Waals surface area contributed by atoms with Crippen LogP contribution in [0, 0.1) is 0 Å². The summed E-state index contributed by atoms with van der Waals surface area (Å²) in [5.41, 5.74) is 0.957. The summed E-state index contributed by atoms with van der Waals surface area (Å²) in [5, 5.41) is 9.56. The number of halogens is 1. The number of carbonyl (C=O) groups is 1. The first-order chi connectivity index (χ1) is 11.6. The van der Waals surface area contributed by atoms with Crippen molar-refractivity contribution in [1.82, 2.24) is 0 Å². The fraction of sp³-hybridized carbons (Fsp3) is 0.167. The summed E-state index contributed by atoms with van der Waals surface area (Å²) in [6, 6.07) is 13.8. The molecule has 7 heteroatoms. The van der Waals surface area contributed by atoms with E-state index in [1.165, 1.54) is 19.9 Å². The normalized spacial score (nSPS) is 12.3. The molecule has 0 radical (unpaired) electrons. The lowest BCUT2D eigenvalue weighted by molar-refractivity contribution is -0.152. The van der Waals surface area contributed by atoms with Crippen molar-refractivity contribution in [3.63, 3.8) is 0 Å². The Balaban J connectivity index is 2.15. The Bertz CT molecular complexity index is 882. The van der Waals surface area contributed by atoms with Crippen LogP contribution in [0.3, 0.4) is 0 Å². The quantitative estimate of drug-likeness (QED) is 0.787.